The Hall–Kier alpha value is -7.25. The van der Waals surface area contributed by atoms with Crippen LogP contribution in [0.25, 0.3) is 0 Å². The van der Waals surface area contributed by atoms with Gasteiger partial charge in [-0.1, -0.05) is 0 Å². The number of phenols is 4. The molecule has 10 unspecified atom stereocenters. The number of carbonyl (C=O) groups is 4. The van der Waals surface area contributed by atoms with Gasteiger partial charge in [0, 0.05) is 16.7 Å². The summed E-state index contributed by atoms with van der Waals surface area (Å²) in [5.41, 5.74) is -8.08. The maximum atomic E-state index is 14.4. The van der Waals surface area contributed by atoms with Gasteiger partial charge in [-0.3, -0.25) is 19.2 Å². The van der Waals surface area contributed by atoms with E-state index in [4.69, 9.17) is 26.5 Å². The number of benzene rings is 4. The van der Waals surface area contributed by atoms with E-state index >= 15 is 0 Å². The molecule has 2 aliphatic carbocycles. The van der Waals surface area contributed by atoms with Crippen LogP contribution < -0.4 is 22.2 Å². The van der Waals surface area contributed by atoms with Crippen LogP contribution in [0.5, 0.6) is 51.7 Å². The average molecular weight is 1060 g/mol. The number of carbonyl (C=O) groups excluding carboxylic acids is 4. The SMILES string of the molecule is Cc1c(C(=O)O)c(O)cc2c1C(=O)c1cc(OC3OC(CO)C(O)C(O)C3O)c([O-])c([O][Al][O]c3c(O)c(OC4OC(CO)C(O)C(O)C4O)c(O)c4c3C(=[OH+])c3cc(O)c(C(=O)O)c(C)c3C4=O)c1C2=[OH+].O.[OH3+]. The van der Waals surface area contributed by atoms with Gasteiger partial charge in [-0.15, -0.1) is 0 Å². The third-order valence-electron chi connectivity index (χ3n) is 12.5. The lowest BCUT2D eigenvalue weighted by atomic mass is 9.79. The molecule has 8 rings (SSSR count). The summed E-state index contributed by atoms with van der Waals surface area (Å²) in [7, 11) is 0. The monoisotopic (exact) mass is 1060 g/mol. The van der Waals surface area contributed by atoms with Crippen LogP contribution in [0.3, 0.4) is 0 Å². The highest BCUT2D eigenvalue weighted by molar-refractivity contribution is 6.34. The van der Waals surface area contributed by atoms with E-state index in [1.165, 1.54) is 0 Å². The number of ketones is 4. The van der Waals surface area contributed by atoms with Crippen molar-refractivity contribution in [3.63, 3.8) is 0 Å². The highest BCUT2D eigenvalue weighted by Gasteiger charge is 2.50. The van der Waals surface area contributed by atoms with Gasteiger partial charge in [0.15, 0.2) is 17.3 Å². The molecule has 29 nitrogen and oxygen atoms in total. The predicted octanol–water partition coefficient (Wildman–Crippen LogP) is -5.83. The molecule has 0 amide bonds. The molecule has 2 fully saturated rings. The minimum atomic E-state index is -2.51. The number of carboxylic acids is 2. The fraction of sp³-hybridized carbons (Fsp3) is 0.318. The second-order valence-electron chi connectivity index (χ2n) is 16.6. The first kappa shape index (κ1) is 56.1. The van der Waals surface area contributed by atoms with Crippen molar-refractivity contribution in [1.82, 2.24) is 0 Å². The van der Waals surface area contributed by atoms with Crippen LogP contribution in [-0.4, -0.2) is 212 Å². The molecule has 395 valence electrons. The lowest BCUT2D eigenvalue weighted by Crippen LogP contribution is -2.60. The third kappa shape index (κ3) is 8.62. The number of hydrogen-bond acceptors (Lipinski definition) is 23. The Labute approximate surface area is 418 Å². The Morgan fingerprint density at radius 3 is 1.53 bits per heavy atom. The molecule has 0 aromatic heterocycles. The van der Waals surface area contributed by atoms with Crippen LogP contribution in [0, 0.1) is 13.8 Å². The van der Waals surface area contributed by atoms with Crippen molar-refractivity contribution >= 4 is 51.0 Å². The number of carboxylic acid groups (broad SMARTS) is 2. The van der Waals surface area contributed by atoms with Gasteiger partial charge >= 0.3 is 39.4 Å². The third-order valence-corrected chi connectivity index (χ3v) is 13.2. The molecule has 0 spiro atoms. The molecule has 2 aliphatic heterocycles. The standard InChI is InChI=1S/C22H20O14.C22H20O13.Al.2H2O/c1-4-8-5(2-6(24)9(4)21(33)34)12(25)10-11(14(8)27)16(29)20(18(31)15(10)28)36-22-19(32)17(30)13(26)7(3-23)35-22;1-5-11-6(2-8(24)12(5)21(32)33)15(26)13-7(14(11)25)3-9(16(27)18(13)29)34-22-20(31)19(30)17(28)10(4-23)35-22;;;/h2,7,13,17,19,22-24,26,28-32H,3H2,1H3,(H,33,34);2-3,10,17,19-20,22-24,27-31H,4H2,1H3,(H,32,33);;2*1H2/q;;+2;;. The van der Waals surface area contributed by atoms with E-state index in [0.29, 0.717) is 18.2 Å². The number of aliphatic hydroxyl groups is 8. The smallest absolute Gasteiger partial charge is 0.868 e. The van der Waals surface area contributed by atoms with Crippen molar-refractivity contribution in [1.29, 1.82) is 0 Å². The quantitative estimate of drug-likeness (QED) is 0.0401. The van der Waals surface area contributed by atoms with Crippen molar-refractivity contribution in [2.24, 2.45) is 0 Å². The number of ether oxygens (including phenoxy) is 4. The zero-order valence-electron chi connectivity index (χ0n) is 37.7. The van der Waals surface area contributed by atoms with Gasteiger partial charge in [-0.2, -0.15) is 0 Å². The van der Waals surface area contributed by atoms with Crippen LogP contribution in [0.15, 0.2) is 18.2 Å². The molecule has 74 heavy (non-hydrogen) atoms. The molecule has 4 aromatic carbocycles. The van der Waals surface area contributed by atoms with Crippen LogP contribution >= 0.6 is 0 Å². The number of rotatable bonds is 12. The van der Waals surface area contributed by atoms with E-state index in [-0.39, 0.29) is 16.5 Å². The molecule has 0 saturated carbocycles. The van der Waals surface area contributed by atoms with Crippen LogP contribution in [0.4, 0.5) is 0 Å². The number of fused-ring (bicyclic) bond motifs is 4. The van der Waals surface area contributed by atoms with E-state index in [9.17, 15) is 105 Å². The summed E-state index contributed by atoms with van der Waals surface area (Å²) >= 11 is -2.51. The largest absolute Gasteiger partial charge is 0.882 e. The fourth-order valence-corrected chi connectivity index (χ4v) is 9.60. The first-order chi connectivity index (χ1) is 33.9. The number of aromatic hydroxyl groups is 4. The molecule has 30 heteroatoms. The number of hydrogen-bond donors (Lipinski definition) is 14. The van der Waals surface area contributed by atoms with E-state index in [1.54, 1.807) is 0 Å². The summed E-state index contributed by atoms with van der Waals surface area (Å²) in [6.45, 7) is 0.231. The molecule has 2 saturated heterocycles. The number of phenolic OH excluding ortho intramolecular Hbond substituents is 2. The second-order valence-corrected chi connectivity index (χ2v) is 17.3. The average Bonchev–Trinajstić information content (AvgIpc) is 3.32. The van der Waals surface area contributed by atoms with Crippen molar-refractivity contribution in [2.75, 3.05) is 13.2 Å². The maximum absolute atomic E-state index is 14.4. The Kier molecular flexibility index (Phi) is 15.6. The lowest BCUT2D eigenvalue weighted by molar-refractivity contribution is -0.290. The zero-order valence-corrected chi connectivity index (χ0v) is 38.9. The molecule has 1 radical (unpaired) electrons. The first-order valence-corrected chi connectivity index (χ1v) is 21.9. The van der Waals surface area contributed by atoms with Gasteiger partial charge in [-0.05, 0) is 48.9 Å². The van der Waals surface area contributed by atoms with E-state index in [1.807, 2.05) is 0 Å². The predicted molar refractivity (Wildman–Crippen MR) is 237 cm³/mol. The topological polar surface area (TPSA) is 537 Å². The fourth-order valence-electron chi connectivity index (χ4n) is 8.90. The van der Waals surface area contributed by atoms with Crippen LogP contribution in [0.1, 0.15) is 85.9 Å². The van der Waals surface area contributed by atoms with Gasteiger partial charge in [0.05, 0.1) is 35.7 Å². The summed E-state index contributed by atoms with van der Waals surface area (Å²) in [5.74, 6) is -18.5. The Morgan fingerprint density at radius 1 is 0.608 bits per heavy atom. The normalized spacial score (nSPS) is 24.7. The van der Waals surface area contributed by atoms with Gasteiger partial charge in [0.1, 0.15) is 94.1 Å². The van der Waals surface area contributed by atoms with Gasteiger partial charge in [0.2, 0.25) is 24.1 Å². The first-order valence-electron chi connectivity index (χ1n) is 20.9. The van der Waals surface area contributed by atoms with Crippen molar-refractivity contribution in [3.8, 4) is 51.7 Å². The van der Waals surface area contributed by atoms with Crippen LogP contribution in [0.2, 0.25) is 0 Å². The summed E-state index contributed by atoms with van der Waals surface area (Å²) in [4.78, 5) is 76.5. The highest BCUT2D eigenvalue weighted by atomic mass is 27.2. The molecule has 21 N–H and O–H groups in total. The maximum Gasteiger partial charge on any atom is 0.882 e. The van der Waals surface area contributed by atoms with Crippen molar-refractivity contribution in [3.05, 3.63) is 85.0 Å². The van der Waals surface area contributed by atoms with Gasteiger partial charge < -0.3 is 114 Å². The molecule has 4 aliphatic rings. The van der Waals surface area contributed by atoms with Crippen molar-refractivity contribution < 1.29 is 143 Å². The highest BCUT2D eigenvalue weighted by Crippen LogP contribution is 2.53. The van der Waals surface area contributed by atoms with Gasteiger partial charge in [-0.25, -0.2) is 9.59 Å². The molecular formula is C44H44AlO29+2. The Morgan fingerprint density at radius 2 is 1.05 bits per heavy atom. The molecule has 10 atom stereocenters. The summed E-state index contributed by atoms with van der Waals surface area (Å²) in [5, 5.41) is 161. The molecule has 4 aromatic rings. The minimum absolute atomic E-state index is 0. The van der Waals surface area contributed by atoms with E-state index < -0.39 is 239 Å². The summed E-state index contributed by atoms with van der Waals surface area (Å²) < 4.78 is 33.4. The van der Waals surface area contributed by atoms with Gasteiger partial charge in [0.25, 0.3) is 0 Å². The Balaban J connectivity index is 0.00000446. The summed E-state index contributed by atoms with van der Waals surface area (Å²) in [6.07, 6.45) is -20.0. The van der Waals surface area contributed by atoms with E-state index in [2.05, 4.69) is 0 Å². The summed E-state index contributed by atoms with van der Waals surface area (Å²) in [6, 6.07) is 2.05. The molecular weight excluding hydrogens is 1020 g/mol. The number of aromatic carboxylic acids is 2. The Bertz CT molecular complexity index is 3040. The number of aliphatic hydroxyl groups excluding tert-OH is 8. The van der Waals surface area contributed by atoms with Crippen LogP contribution in [-0.2, 0) is 14.9 Å². The molecule has 2 heterocycles. The second kappa shape index (κ2) is 20.6. The van der Waals surface area contributed by atoms with E-state index in [0.717, 1.165) is 13.8 Å². The molecule has 0 bridgehead atoms. The van der Waals surface area contributed by atoms with Crippen molar-refractivity contribution in [2.45, 2.75) is 75.3 Å². The zero-order chi connectivity index (χ0) is 52.8. The lowest BCUT2D eigenvalue weighted by Gasteiger charge is -2.40. The minimum Gasteiger partial charge on any atom is -0.868 e.